The van der Waals surface area contributed by atoms with E-state index in [1.54, 1.807) is 0 Å². The molecule has 1 saturated heterocycles. The maximum absolute atomic E-state index is 9.43. The van der Waals surface area contributed by atoms with Crippen LogP contribution < -0.4 is 5.73 Å². The van der Waals surface area contributed by atoms with Crippen LogP contribution in [0.15, 0.2) is 0 Å². The van der Waals surface area contributed by atoms with Crippen LogP contribution in [0.4, 0.5) is 0 Å². The lowest BCUT2D eigenvalue weighted by Gasteiger charge is -2.44. The minimum Gasteiger partial charge on any atom is -0.394 e. The molecule has 3 N–H and O–H groups in total. The number of likely N-dealkylation sites (tertiary alicyclic amines) is 1. The second-order valence-electron chi connectivity index (χ2n) is 5.43. The van der Waals surface area contributed by atoms with Crippen molar-refractivity contribution < 1.29 is 5.11 Å². The zero-order chi connectivity index (χ0) is 9.76. The molecule has 0 amide bonds. The summed E-state index contributed by atoms with van der Waals surface area (Å²) in [6.45, 7) is 2.46. The van der Waals surface area contributed by atoms with E-state index in [1.165, 1.54) is 25.7 Å². The molecule has 1 aliphatic heterocycles. The van der Waals surface area contributed by atoms with Crippen LogP contribution in [0.1, 0.15) is 25.7 Å². The number of nitrogens with two attached hydrogens (primary N) is 1. The maximum atomic E-state index is 9.43. The number of aliphatic hydroxyl groups is 1. The molecule has 3 fully saturated rings. The van der Waals surface area contributed by atoms with Gasteiger partial charge in [-0.05, 0) is 37.5 Å². The van der Waals surface area contributed by atoms with Crippen molar-refractivity contribution in [2.24, 2.45) is 17.6 Å². The van der Waals surface area contributed by atoms with Crippen molar-refractivity contribution in [2.45, 2.75) is 37.3 Å². The highest BCUT2D eigenvalue weighted by atomic mass is 16.3. The Labute approximate surface area is 85.3 Å². The summed E-state index contributed by atoms with van der Waals surface area (Å²) in [7, 11) is 0. The van der Waals surface area contributed by atoms with Crippen molar-refractivity contribution in [1.29, 1.82) is 0 Å². The van der Waals surface area contributed by atoms with Gasteiger partial charge >= 0.3 is 0 Å². The number of hydrogen-bond donors (Lipinski definition) is 2. The van der Waals surface area contributed by atoms with Gasteiger partial charge in [-0.2, -0.15) is 0 Å². The van der Waals surface area contributed by atoms with Gasteiger partial charge in [-0.15, -0.1) is 0 Å². The predicted octanol–water partition coefficient (Wildman–Crippen LogP) is 0.180. The van der Waals surface area contributed by atoms with Crippen LogP contribution in [0, 0.1) is 11.8 Å². The lowest BCUT2D eigenvalue weighted by molar-refractivity contribution is 0.0370. The Morgan fingerprint density at radius 3 is 2.14 bits per heavy atom. The van der Waals surface area contributed by atoms with E-state index in [1.807, 2.05) is 0 Å². The number of nitrogens with zero attached hydrogens (tertiary/aromatic N) is 1. The summed E-state index contributed by atoms with van der Waals surface area (Å²) in [4.78, 5) is 2.61. The fourth-order valence-corrected chi connectivity index (χ4v) is 3.43. The van der Waals surface area contributed by atoms with Gasteiger partial charge in [0.2, 0.25) is 0 Å². The molecule has 3 rings (SSSR count). The van der Waals surface area contributed by atoms with Crippen LogP contribution in [0.3, 0.4) is 0 Å². The Hall–Kier alpha value is -0.120. The number of hydrogen-bond acceptors (Lipinski definition) is 3. The van der Waals surface area contributed by atoms with E-state index < -0.39 is 0 Å². The Morgan fingerprint density at radius 2 is 1.71 bits per heavy atom. The van der Waals surface area contributed by atoms with Gasteiger partial charge < -0.3 is 10.8 Å². The molecule has 1 heterocycles. The molecule has 0 spiro atoms. The minimum absolute atomic E-state index is 0.181. The fourth-order valence-electron chi connectivity index (χ4n) is 3.43. The summed E-state index contributed by atoms with van der Waals surface area (Å²) in [5, 5.41) is 9.43. The van der Waals surface area contributed by atoms with Crippen molar-refractivity contribution in [2.75, 3.05) is 19.7 Å². The molecule has 0 aromatic rings. The average molecular weight is 196 g/mol. The maximum Gasteiger partial charge on any atom is 0.0617 e. The van der Waals surface area contributed by atoms with Crippen molar-refractivity contribution in [1.82, 2.24) is 4.90 Å². The number of aliphatic hydroxyl groups excluding tert-OH is 1. The molecular formula is C11H20N2O. The van der Waals surface area contributed by atoms with Crippen LogP contribution in [-0.4, -0.2) is 41.3 Å². The Kier molecular flexibility index (Phi) is 1.92. The summed E-state index contributed by atoms with van der Waals surface area (Å²) in [6, 6.07) is 0.862. The molecule has 0 aromatic carbocycles. The molecule has 2 unspecified atom stereocenters. The summed E-state index contributed by atoms with van der Waals surface area (Å²) >= 11 is 0. The zero-order valence-corrected chi connectivity index (χ0v) is 8.65. The summed E-state index contributed by atoms with van der Waals surface area (Å²) in [5.41, 5.74) is 6.07. The Morgan fingerprint density at radius 1 is 1.14 bits per heavy atom. The molecule has 2 saturated carbocycles. The van der Waals surface area contributed by atoms with Crippen LogP contribution in [0.5, 0.6) is 0 Å². The third-order valence-corrected chi connectivity index (χ3v) is 4.63. The third kappa shape index (κ3) is 1.16. The third-order valence-electron chi connectivity index (χ3n) is 4.63. The van der Waals surface area contributed by atoms with Crippen LogP contribution in [0.25, 0.3) is 0 Å². The van der Waals surface area contributed by atoms with E-state index in [4.69, 9.17) is 5.73 Å². The largest absolute Gasteiger partial charge is 0.394 e. The molecule has 2 aliphatic carbocycles. The van der Waals surface area contributed by atoms with Gasteiger partial charge in [0, 0.05) is 24.7 Å². The van der Waals surface area contributed by atoms with Crippen molar-refractivity contribution >= 4 is 0 Å². The molecular weight excluding hydrogens is 176 g/mol. The second-order valence-corrected chi connectivity index (χ2v) is 5.43. The van der Waals surface area contributed by atoms with Crippen molar-refractivity contribution in [3.8, 4) is 0 Å². The molecule has 0 aromatic heterocycles. The van der Waals surface area contributed by atoms with Crippen LogP contribution >= 0.6 is 0 Å². The normalized spacial score (nSPS) is 48.4. The van der Waals surface area contributed by atoms with E-state index in [2.05, 4.69) is 4.90 Å². The highest BCUT2D eigenvalue weighted by Crippen LogP contribution is 2.45. The first kappa shape index (κ1) is 9.13. The standard InChI is InChI=1S/C11H20N2O/c12-11(7-14)8-1-2-9(11)6-13(5-8)10-3-4-10/h8-10,14H,1-7,12H2. The van der Waals surface area contributed by atoms with Crippen molar-refractivity contribution in [3.05, 3.63) is 0 Å². The lowest BCUT2D eigenvalue weighted by atomic mass is 9.78. The number of rotatable bonds is 2. The van der Waals surface area contributed by atoms with Crippen molar-refractivity contribution in [3.63, 3.8) is 0 Å². The van der Waals surface area contributed by atoms with Crippen LogP contribution in [0.2, 0.25) is 0 Å². The molecule has 80 valence electrons. The van der Waals surface area contributed by atoms with Gasteiger partial charge in [-0.3, -0.25) is 4.90 Å². The summed E-state index contributed by atoms with van der Waals surface area (Å²) in [6.07, 6.45) is 5.22. The topological polar surface area (TPSA) is 49.5 Å². The molecule has 2 atom stereocenters. The predicted molar refractivity (Wildman–Crippen MR) is 54.8 cm³/mol. The summed E-state index contributed by atoms with van der Waals surface area (Å²) < 4.78 is 0. The zero-order valence-electron chi connectivity index (χ0n) is 8.65. The fraction of sp³-hybridized carbons (Fsp3) is 1.00. The van der Waals surface area contributed by atoms with Gasteiger partial charge in [0.15, 0.2) is 0 Å². The monoisotopic (exact) mass is 196 g/mol. The lowest BCUT2D eigenvalue weighted by Crippen LogP contribution is -2.61. The average Bonchev–Trinajstić information content (AvgIpc) is 2.99. The van der Waals surface area contributed by atoms with E-state index in [0.717, 1.165) is 19.1 Å². The van der Waals surface area contributed by atoms with E-state index >= 15 is 0 Å². The van der Waals surface area contributed by atoms with Crippen LogP contribution in [-0.2, 0) is 0 Å². The highest BCUT2D eigenvalue weighted by molar-refractivity contribution is 5.09. The number of fused-ring (bicyclic) bond motifs is 2. The molecule has 3 heteroatoms. The van der Waals surface area contributed by atoms with E-state index in [9.17, 15) is 5.11 Å². The highest BCUT2D eigenvalue weighted by Gasteiger charge is 2.52. The van der Waals surface area contributed by atoms with Gasteiger partial charge in [-0.25, -0.2) is 0 Å². The smallest absolute Gasteiger partial charge is 0.0617 e. The quantitative estimate of drug-likeness (QED) is 0.662. The van der Waals surface area contributed by atoms with E-state index in [0.29, 0.717) is 11.8 Å². The first-order valence-corrected chi connectivity index (χ1v) is 5.88. The first-order chi connectivity index (χ1) is 6.74. The minimum atomic E-state index is -0.245. The van der Waals surface area contributed by atoms with Gasteiger partial charge in [0.25, 0.3) is 0 Å². The molecule has 2 bridgehead atoms. The van der Waals surface area contributed by atoms with Gasteiger partial charge in [-0.1, -0.05) is 0 Å². The second kappa shape index (κ2) is 2.94. The SMILES string of the molecule is NC1(CO)C2CCC1CN(C1CC1)C2. The Bertz CT molecular complexity index is 225. The first-order valence-electron chi connectivity index (χ1n) is 5.88. The summed E-state index contributed by atoms with van der Waals surface area (Å²) in [5.74, 6) is 1.10. The molecule has 3 aliphatic rings. The van der Waals surface area contributed by atoms with Gasteiger partial charge in [0.1, 0.15) is 0 Å². The molecule has 0 radical (unpaired) electrons. The molecule has 14 heavy (non-hydrogen) atoms. The molecule has 3 nitrogen and oxygen atoms in total. The van der Waals surface area contributed by atoms with E-state index in [-0.39, 0.29) is 12.1 Å². The Balaban J connectivity index is 1.78. The van der Waals surface area contributed by atoms with Gasteiger partial charge in [0.05, 0.1) is 6.61 Å². The number of piperidine rings is 1.